The molecule has 0 aromatic rings. The van der Waals surface area contributed by atoms with Crippen LogP contribution < -0.4 is 0 Å². The quantitative estimate of drug-likeness (QED) is 0.475. The topological polar surface area (TPSA) is 20.2 Å². The number of allylic oxidation sites excluding steroid dienone is 3. The molecule has 12 heavy (non-hydrogen) atoms. The summed E-state index contributed by atoms with van der Waals surface area (Å²) in [6, 6.07) is 0. The summed E-state index contributed by atoms with van der Waals surface area (Å²) in [5, 5.41) is 9.23. The molecule has 0 saturated heterocycles. The van der Waals surface area contributed by atoms with Crippen LogP contribution in [0.1, 0.15) is 26.2 Å². The van der Waals surface area contributed by atoms with Crippen molar-refractivity contribution in [1.82, 2.24) is 0 Å². The molecule has 1 heteroatoms. The lowest BCUT2D eigenvalue weighted by Gasteiger charge is -1.98. The van der Waals surface area contributed by atoms with Gasteiger partial charge in [0.05, 0.1) is 6.10 Å². The van der Waals surface area contributed by atoms with Crippen LogP contribution in [0.5, 0.6) is 0 Å². The number of unbranched alkanes of at least 4 members (excludes halogenated alkanes) is 1. The monoisotopic (exact) mass is 166 g/mol. The Balaban J connectivity index is 3.40. The summed E-state index contributed by atoms with van der Waals surface area (Å²) in [4.78, 5) is 0. The van der Waals surface area contributed by atoms with Crippen molar-refractivity contribution in [1.29, 1.82) is 0 Å². The van der Waals surface area contributed by atoms with Crippen molar-refractivity contribution in [3.05, 3.63) is 37.0 Å². The number of hydrogen-bond donors (Lipinski definition) is 1. The number of hydrogen-bond acceptors (Lipinski definition) is 1. The van der Waals surface area contributed by atoms with E-state index < -0.39 is 0 Å². The zero-order valence-corrected chi connectivity index (χ0v) is 7.74. The molecule has 0 aromatic heterocycles. The molecule has 0 aliphatic heterocycles. The zero-order chi connectivity index (χ0) is 9.23. The molecule has 0 saturated carbocycles. The third-order valence-electron chi connectivity index (χ3n) is 1.50. The molecule has 1 unspecified atom stereocenters. The maximum Gasteiger partial charge on any atom is 0.0755 e. The average Bonchev–Trinajstić information content (AvgIpc) is 2.05. The van der Waals surface area contributed by atoms with Gasteiger partial charge in [-0.05, 0) is 26.2 Å². The van der Waals surface area contributed by atoms with Crippen LogP contribution in [0.15, 0.2) is 37.0 Å². The van der Waals surface area contributed by atoms with Crippen LogP contribution in [0.4, 0.5) is 0 Å². The van der Waals surface area contributed by atoms with Crippen molar-refractivity contribution in [2.24, 2.45) is 0 Å². The molecular formula is C11H18O. The Morgan fingerprint density at radius 1 is 1.33 bits per heavy atom. The van der Waals surface area contributed by atoms with E-state index in [0.29, 0.717) is 6.42 Å². The number of aliphatic hydroxyl groups is 1. The minimum atomic E-state index is -0.354. The SMILES string of the molecule is C=CCC(O)C=CCCC=CC. The lowest BCUT2D eigenvalue weighted by Crippen LogP contribution is -1.98. The molecule has 1 nitrogen and oxygen atoms in total. The van der Waals surface area contributed by atoms with E-state index in [1.165, 1.54) is 0 Å². The van der Waals surface area contributed by atoms with Gasteiger partial charge in [0.15, 0.2) is 0 Å². The predicted molar refractivity (Wildman–Crippen MR) is 54.0 cm³/mol. The van der Waals surface area contributed by atoms with Crippen LogP contribution in [-0.2, 0) is 0 Å². The second kappa shape index (κ2) is 8.28. The molecule has 0 heterocycles. The van der Waals surface area contributed by atoms with Crippen LogP contribution in [0.2, 0.25) is 0 Å². The first-order valence-electron chi connectivity index (χ1n) is 4.38. The van der Waals surface area contributed by atoms with Crippen LogP contribution in [0.25, 0.3) is 0 Å². The van der Waals surface area contributed by atoms with Gasteiger partial charge in [0.1, 0.15) is 0 Å². The second-order valence-electron chi connectivity index (χ2n) is 2.67. The van der Waals surface area contributed by atoms with Crippen molar-refractivity contribution >= 4 is 0 Å². The lowest BCUT2D eigenvalue weighted by atomic mass is 10.2. The van der Waals surface area contributed by atoms with E-state index in [4.69, 9.17) is 0 Å². The first kappa shape index (κ1) is 11.2. The summed E-state index contributed by atoms with van der Waals surface area (Å²) >= 11 is 0. The van der Waals surface area contributed by atoms with Gasteiger partial charge < -0.3 is 5.11 Å². The molecule has 1 atom stereocenters. The van der Waals surface area contributed by atoms with Crippen LogP contribution in [-0.4, -0.2) is 11.2 Å². The lowest BCUT2D eigenvalue weighted by molar-refractivity contribution is 0.226. The average molecular weight is 166 g/mol. The molecule has 0 bridgehead atoms. The van der Waals surface area contributed by atoms with Crippen molar-refractivity contribution in [2.45, 2.75) is 32.3 Å². The highest BCUT2D eigenvalue weighted by molar-refractivity contribution is 4.93. The smallest absolute Gasteiger partial charge is 0.0755 e. The van der Waals surface area contributed by atoms with Gasteiger partial charge in [-0.1, -0.05) is 30.4 Å². The normalized spacial score (nSPS) is 14.2. The van der Waals surface area contributed by atoms with Gasteiger partial charge in [-0.3, -0.25) is 0 Å². The van der Waals surface area contributed by atoms with Gasteiger partial charge in [-0.25, -0.2) is 0 Å². The molecule has 0 aliphatic rings. The molecule has 0 fully saturated rings. The molecule has 0 aromatic carbocycles. The van der Waals surface area contributed by atoms with Crippen LogP contribution in [0, 0.1) is 0 Å². The van der Waals surface area contributed by atoms with E-state index in [0.717, 1.165) is 12.8 Å². The largest absolute Gasteiger partial charge is 0.389 e. The molecule has 0 radical (unpaired) electrons. The summed E-state index contributed by atoms with van der Waals surface area (Å²) in [6.45, 7) is 5.56. The fourth-order valence-corrected chi connectivity index (χ4v) is 0.862. The Hall–Kier alpha value is -0.820. The molecule has 0 rings (SSSR count). The Labute approximate surface area is 75.1 Å². The van der Waals surface area contributed by atoms with E-state index in [9.17, 15) is 5.11 Å². The maximum atomic E-state index is 9.23. The van der Waals surface area contributed by atoms with Crippen molar-refractivity contribution < 1.29 is 5.11 Å². The van der Waals surface area contributed by atoms with Crippen molar-refractivity contribution in [3.8, 4) is 0 Å². The molecule has 0 spiro atoms. The highest BCUT2D eigenvalue weighted by Crippen LogP contribution is 1.98. The van der Waals surface area contributed by atoms with E-state index in [1.54, 1.807) is 6.08 Å². The standard InChI is InChI=1S/C11H18O/c1-3-5-6-7-8-10-11(12)9-4-2/h3-5,8,10-12H,2,6-7,9H2,1H3. The Kier molecular flexibility index (Phi) is 7.71. The summed E-state index contributed by atoms with van der Waals surface area (Å²) in [7, 11) is 0. The molecule has 68 valence electrons. The molecular weight excluding hydrogens is 148 g/mol. The highest BCUT2D eigenvalue weighted by Gasteiger charge is 1.91. The minimum absolute atomic E-state index is 0.354. The Bertz CT molecular complexity index is 156. The van der Waals surface area contributed by atoms with Crippen LogP contribution >= 0.6 is 0 Å². The predicted octanol–water partition coefficient (Wildman–Crippen LogP) is 2.84. The van der Waals surface area contributed by atoms with Gasteiger partial charge in [0.25, 0.3) is 0 Å². The van der Waals surface area contributed by atoms with Crippen LogP contribution in [0.3, 0.4) is 0 Å². The van der Waals surface area contributed by atoms with E-state index in [1.807, 2.05) is 25.2 Å². The number of rotatable bonds is 6. The fourth-order valence-electron chi connectivity index (χ4n) is 0.862. The van der Waals surface area contributed by atoms with E-state index >= 15 is 0 Å². The summed E-state index contributed by atoms with van der Waals surface area (Å²) in [6.07, 6.45) is 12.0. The van der Waals surface area contributed by atoms with Crippen molar-refractivity contribution in [3.63, 3.8) is 0 Å². The molecule has 0 aliphatic carbocycles. The summed E-state index contributed by atoms with van der Waals surface area (Å²) in [5.74, 6) is 0. The molecule has 1 N–H and O–H groups in total. The first-order chi connectivity index (χ1) is 5.81. The summed E-state index contributed by atoms with van der Waals surface area (Å²) < 4.78 is 0. The second-order valence-corrected chi connectivity index (χ2v) is 2.67. The minimum Gasteiger partial charge on any atom is -0.389 e. The third kappa shape index (κ3) is 7.29. The Morgan fingerprint density at radius 3 is 2.58 bits per heavy atom. The fraction of sp³-hybridized carbons (Fsp3) is 0.455. The zero-order valence-electron chi connectivity index (χ0n) is 7.74. The molecule has 0 amide bonds. The first-order valence-corrected chi connectivity index (χ1v) is 4.38. The summed E-state index contributed by atoms with van der Waals surface area (Å²) in [5.41, 5.74) is 0. The Morgan fingerprint density at radius 2 is 2.00 bits per heavy atom. The van der Waals surface area contributed by atoms with Gasteiger partial charge in [-0.15, -0.1) is 6.58 Å². The van der Waals surface area contributed by atoms with E-state index in [2.05, 4.69) is 12.7 Å². The highest BCUT2D eigenvalue weighted by atomic mass is 16.3. The third-order valence-corrected chi connectivity index (χ3v) is 1.50. The van der Waals surface area contributed by atoms with Crippen molar-refractivity contribution in [2.75, 3.05) is 0 Å². The van der Waals surface area contributed by atoms with Gasteiger partial charge in [0.2, 0.25) is 0 Å². The number of aliphatic hydroxyl groups excluding tert-OH is 1. The van der Waals surface area contributed by atoms with Gasteiger partial charge in [-0.2, -0.15) is 0 Å². The van der Waals surface area contributed by atoms with Gasteiger partial charge in [0, 0.05) is 0 Å². The van der Waals surface area contributed by atoms with E-state index in [-0.39, 0.29) is 6.10 Å². The van der Waals surface area contributed by atoms with Gasteiger partial charge >= 0.3 is 0 Å². The maximum absolute atomic E-state index is 9.23.